The number of hydrogen-bond acceptors (Lipinski definition) is 6. The molecule has 7 nitrogen and oxygen atoms in total. The van der Waals surface area contributed by atoms with Gasteiger partial charge in [-0.25, -0.2) is 8.42 Å². The maximum absolute atomic E-state index is 14.4. The average molecular weight is 502 g/mol. The quantitative estimate of drug-likeness (QED) is 0.399. The van der Waals surface area contributed by atoms with E-state index in [0.29, 0.717) is 23.2 Å². The van der Waals surface area contributed by atoms with Gasteiger partial charge in [-0.1, -0.05) is 36.4 Å². The molecule has 0 bridgehead atoms. The van der Waals surface area contributed by atoms with E-state index in [2.05, 4.69) is 28.1 Å². The average Bonchev–Trinajstić information content (AvgIpc) is 3.33. The van der Waals surface area contributed by atoms with Crippen molar-refractivity contribution in [1.29, 1.82) is 0 Å². The number of benzene rings is 3. The summed E-state index contributed by atoms with van der Waals surface area (Å²) in [5.41, 5.74) is 3.92. The van der Waals surface area contributed by atoms with Crippen molar-refractivity contribution < 1.29 is 17.9 Å². The van der Waals surface area contributed by atoms with Crippen LogP contribution in [0, 0.1) is 0 Å². The minimum atomic E-state index is -3.90. The highest BCUT2D eigenvalue weighted by Crippen LogP contribution is 2.47. The minimum absolute atomic E-state index is 0.0283. The maximum Gasteiger partial charge on any atom is 0.245 e. The normalized spacial score (nSPS) is 20.2. The Kier molecular flexibility index (Phi) is 5.67. The summed E-state index contributed by atoms with van der Waals surface area (Å²) in [5, 5.41) is 0.551. The van der Waals surface area contributed by atoms with E-state index in [0.717, 1.165) is 24.3 Å². The largest absolute Gasteiger partial charge is 0.497 e. The van der Waals surface area contributed by atoms with Crippen molar-refractivity contribution in [2.75, 3.05) is 27.3 Å². The van der Waals surface area contributed by atoms with Crippen molar-refractivity contribution in [3.63, 3.8) is 0 Å². The predicted octanol–water partition coefficient (Wildman–Crippen LogP) is 4.55. The third kappa shape index (κ3) is 3.56. The number of hydrogen-bond donors (Lipinski definition) is 0. The second-order valence-electron chi connectivity index (χ2n) is 9.09. The second kappa shape index (κ2) is 8.89. The van der Waals surface area contributed by atoms with Gasteiger partial charge in [-0.15, -0.1) is 0 Å². The number of methoxy groups -OCH3 is 2. The van der Waals surface area contributed by atoms with Crippen molar-refractivity contribution in [2.45, 2.75) is 23.5 Å². The smallest absolute Gasteiger partial charge is 0.245 e. The van der Waals surface area contributed by atoms with Crippen LogP contribution in [0.15, 0.2) is 83.9 Å². The molecule has 2 aliphatic heterocycles. The summed E-state index contributed by atoms with van der Waals surface area (Å²) >= 11 is 0. The van der Waals surface area contributed by atoms with Crippen molar-refractivity contribution in [3.8, 4) is 11.5 Å². The van der Waals surface area contributed by atoms with Crippen molar-refractivity contribution in [3.05, 3.63) is 95.7 Å². The van der Waals surface area contributed by atoms with Gasteiger partial charge in [0.2, 0.25) is 10.0 Å². The van der Waals surface area contributed by atoms with E-state index in [-0.39, 0.29) is 10.9 Å². The van der Waals surface area contributed by atoms with Crippen LogP contribution < -0.4 is 9.47 Å². The lowest BCUT2D eigenvalue weighted by Gasteiger charge is -2.35. The SMILES string of the molecule is COc1ccc(C2N3CCc4ccccc4C3CN2S(=O)(=O)c2ccc(OC)c3ncccc23)cc1. The Morgan fingerprint density at radius 1 is 0.917 bits per heavy atom. The zero-order valence-electron chi connectivity index (χ0n) is 20.2. The second-order valence-corrected chi connectivity index (χ2v) is 10.9. The number of nitrogens with zero attached hydrogens (tertiary/aromatic N) is 3. The van der Waals surface area contributed by atoms with Crippen molar-refractivity contribution in [2.24, 2.45) is 0 Å². The number of sulfonamides is 1. The summed E-state index contributed by atoms with van der Waals surface area (Å²) < 4.78 is 41.3. The monoisotopic (exact) mass is 501 g/mol. The van der Waals surface area contributed by atoms with E-state index in [1.54, 1.807) is 49.0 Å². The first-order valence-electron chi connectivity index (χ1n) is 11.9. The summed E-state index contributed by atoms with van der Waals surface area (Å²) in [7, 11) is -0.710. The predicted molar refractivity (Wildman–Crippen MR) is 138 cm³/mol. The molecule has 3 heterocycles. The fourth-order valence-corrected chi connectivity index (χ4v) is 7.38. The standard InChI is InChI=1S/C28H27N3O4S/c1-34-21-11-9-20(10-12-21)28-30-17-15-19-6-3-4-7-22(19)24(30)18-31(28)36(32,33)26-14-13-25(35-2)27-23(26)8-5-16-29-27/h3-14,16,24,28H,15,17-18H2,1-2H3. The molecule has 1 saturated heterocycles. The first kappa shape index (κ1) is 23.0. The Labute approximate surface area is 210 Å². The van der Waals surface area contributed by atoms with Gasteiger partial charge >= 0.3 is 0 Å². The Balaban J connectivity index is 1.51. The lowest BCUT2D eigenvalue weighted by atomic mass is 9.93. The molecule has 0 spiro atoms. The highest BCUT2D eigenvalue weighted by Gasteiger charge is 2.48. The Bertz CT molecular complexity index is 1540. The van der Waals surface area contributed by atoms with E-state index in [4.69, 9.17) is 9.47 Å². The molecule has 1 fully saturated rings. The molecule has 0 saturated carbocycles. The van der Waals surface area contributed by atoms with Crippen LogP contribution in [0.4, 0.5) is 0 Å². The molecule has 3 aromatic carbocycles. The van der Waals surface area contributed by atoms with Crippen LogP contribution in [-0.2, 0) is 16.4 Å². The Morgan fingerprint density at radius 2 is 1.72 bits per heavy atom. The first-order chi connectivity index (χ1) is 17.5. The zero-order chi connectivity index (χ0) is 24.9. The summed E-state index contributed by atoms with van der Waals surface area (Å²) in [6.45, 7) is 1.14. The van der Waals surface area contributed by atoms with Gasteiger partial charge in [0.05, 0.1) is 25.2 Å². The summed E-state index contributed by atoms with van der Waals surface area (Å²) in [6.07, 6.45) is 2.09. The fourth-order valence-electron chi connectivity index (χ4n) is 5.60. The maximum atomic E-state index is 14.4. The molecule has 4 aromatic rings. The van der Waals surface area contributed by atoms with Crippen LogP contribution in [0.25, 0.3) is 10.9 Å². The third-order valence-corrected chi connectivity index (χ3v) is 9.18. The zero-order valence-corrected chi connectivity index (χ0v) is 21.0. The van der Waals surface area contributed by atoms with Gasteiger partial charge in [-0.3, -0.25) is 9.88 Å². The lowest BCUT2D eigenvalue weighted by Crippen LogP contribution is -2.37. The van der Waals surface area contributed by atoms with E-state index in [1.165, 1.54) is 11.1 Å². The molecule has 0 N–H and O–H groups in total. The van der Waals surface area contributed by atoms with Gasteiger partial charge in [0, 0.05) is 24.7 Å². The van der Waals surface area contributed by atoms with Gasteiger partial charge in [0.15, 0.2) is 0 Å². The molecular weight excluding hydrogens is 474 g/mol. The lowest BCUT2D eigenvalue weighted by molar-refractivity contribution is 0.154. The van der Waals surface area contributed by atoms with Gasteiger partial charge in [-0.05, 0) is 59.5 Å². The van der Waals surface area contributed by atoms with Crippen LogP contribution in [0.1, 0.15) is 28.9 Å². The fraction of sp³-hybridized carbons (Fsp3) is 0.250. The highest BCUT2D eigenvalue weighted by atomic mass is 32.2. The van der Waals surface area contributed by atoms with Gasteiger partial charge < -0.3 is 9.47 Å². The molecule has 0 amide bonds. The summed E-state index contributed by atoms with van der Waals surface area (Å²) in [6, 6.07) is 22.9. The molecule has 2 unspecified atom stereocenters. The van der Waals surface area contributed by atoms with Crippen molar-refractivity contribution in [1.82, 2.24) is 14.2 Å². The first-order valence-corrected chi connectivity index (χ1v) is 13.4. The van der Waals surface area contributed by atoms with E-state index in [9.17, 15) is 8.42 Å². The van der Waals surface area contributed by atoms with Gasteiger partial charge in [0.25, 0.3) is 0 Å². The molecular formula is C28H27N3O4S. The molecule has 2 aliphatic rings. The highest BCUT2D eigenvalue weighted by molar-refractivity contribution is 7.89. The summed E-state index contributed by atoms with van der Waals surface area (Å²) in [5.74, 6) is 1.28. The number of ether oxygens (including phenoxy) is 2. The van der Waals surface area contributed by atoms with Crippen LogP contribution in [-0.4, -0.2) is 49.9 Å². The number of pyridine rings is 1. The molecule has 184 valence electrons. The topological polar surface area (TPSA) is 72.0 Å². The number of fused-ring (bicyclic) bond motifs is 4. The summed E-state index contributed by atoms with van der Waals surface area (Å²) in [4.78, 5) is 6.96. The van der Waals surface area contributed by atoms with Crippen molar-refractivity contribution >= 4 is 20.9 Å². The molecule has 2 atom stereocenters. The third-order valence-electron chi connectivity index (χ3n) is 7.31. The van der Waals surface area contributed by atoms with Crippen LogP contribution in [0.2, 0.25) is 0 Å². The number of aromatic nitrogens is 1. The van der Waals surface area contributed by atoms with E-state index >= 15 is 0 Å². The molecule has 36 heavy (non-hydrogen) atoms. The molecule has 1 aromatic heterocycles. The van der Waals surface area contributed by atoms with Gasteiger partial charge in [-0.2, -0.15) is 4.31 Å². The Hall–Kier alpha value is -3.46. The van der Waals surface area contributed by atoms with Gasteiger partial charge in [0.1, 0.15) is 23.2 Å². The van der Waals surface area contributed by atoms with Crippen LogP contribution >= 0.6 is 0 Å². The molecule has 6 rings (SSSR count). The Morgan fingerprint density at radius 3 is 2.50 bits per heavy atom. The van der Waals surface area contributed by atoms with Crippen LogP contribution in [0.3, 0.4) is 0 Å². The molecule has 0 radical (unpaired) electrons. The molecule has 0 aliphatic carbocycles. The minimum Gasteiger partial charge on any atom is -0.497 e. The van der Waals surface area contributed by atoms with Crippen LogP contribution in [0.5, 0.6) is 11.5 Å². The molecule has 8 heteroatoms. The van der Waals surface area contributed by atoms with E-state index < -0.39 is 16.2 Å². The van der Waals surface area contributed by atoms with E-state index in [1.807, 2.05) is 30.3 Å². The number of rotatable bonds is 5.